The van der Waals surface area contributed by atoms with Crippen LogP contribution in [0, 0.1) is 46.3 Å². The molecule has 0 aromatic rings. The summed E-state index contributed by atoms with van der Waals surface area (Å²) in [6.07, 6.45) is 10.0. The molecule has 0 radical (unpaired) electrons. The highest BCUT2D eigenvalue weighted by molar-refractivity contribution is 5.25. The van der Waals surface area contributed by atoms with E-state index in [-0.39, 0.29) is 11.5 Å². The predicted molar refractivity (Wildman–Crippen MR) is 152 cm³/mol. The third kappa shape index (κ3) is 5.41. The standard InChI is InChI=1S/C33H56O6/c1-19(2)7-6-8-20(3)24-11-12-25-23-10-9-21-17-22(13-15-32(21,4)26(23)14-16-33(24,25)5)38-30-29(36)28(35)27(18-34)39-31(30)37/h9,19-20,22-31,34-37H,6-8,10-18H2,1-5H3/t20?,22-,23?,24?,25?,26?,27+,28+,29-,30+,31?,32-,33+/m0/s1. The van der Waals surface area contributed by atoms with Gasteiger partial charge in [-0.15, -0.1) is 0 Å². The molecule has 0 spiro atoms. The van der Waals surface area contributed by atoms with Gasteiger partial charge in [0.2, 0.25) is 0 Å². The molecule has 6 unspecified atom stereocenters. The Kier molecular flexibility index (Phi) is 8.95. The van der Waals surface area contributed by atoms with Gasteiger partial charge in [0, 0.05) is 0 Å². The highest BCUT2D eigenvalue weighted by Crippen LogP contribution is 2.67. The maximum Gasteiger partial charge on any atom is 0.184 e. The van der Waals surface area contributed by atoms with Crippen molar-refractivity contribution in [1.82, 2.24) is 0 Å². The van der Waals surface area contributed by atoms with Gasteiger partial charge in [-0.1, -0.05) is 65.5 Å². The second-order valence-electron chi connectivity index (χ2n) is 15.0. The quantitative estimate of drug-likeness (QED) is 0.311. The largest absolute Gasteiger partial charge is 0.394 e. The monoisotopic (exact) mass is 548 g/mol. The van der Waals surface area contributed by atoms with Gasteiger partial charge in [0.25, 0.3) is 0 Å². The third-order valence-electron chi connectivity index (χ3n) is 12.5. The van der Waals surface area contributed by atoms with Crippen molar-refractivity contribution in [2.45, 2.75) is 142 Å². The normalized spacial score (nSPS) is 48.7. The number of fused-ring (bicyclic) bond motifs is 5. The van der Waals surface area contributed by atoms with Crippen molar-refractivity contribution >= 4 is 0 Å². The lowest BCUT2D eigenvalue weighted by Gasteiger charge is -2.58. The Hall–Kier alpha value is -0.500. The molecule has 1 saturated heterocycles. The Morgan fingerprint density at radius 3 is 2.46 bits per heavy atom. The fourth-order valence-electron chi connectivity index (χ4n) is 10.2. The first-order valence-electron chi connectivity index (χ1n) is 16.1. The first kappa shape index (κ1) is 30.0. The van der Waals surface area contributed by atoms with E-state index in [1.54, 1.807) is 0 Å². The Balaban J connectivity index is 1.24. The molecule has 1 heterocycles. The van der Waals surface area contributed by atoms with Crippen LogP contribution in [0.3, 0.4) is 0 Å². The van der Waals surface area contributed by atoms with Crippen LogP contribution >= 0.6 is 0 Å². The lowest BCUT2D eigenvalue weighted by Crippen LogP contribution is -2.60. The van der Waals surface area contributed by atoms with E-state index in [4.69, 9.17) is 9.47 Å². The third-order valence-corrected chi connectivity index (χ3v) is 12.5. The highest BCUT2D eigenvalue weighted by Gasteiger charge is 2.59. The van der Waals surface area contributed by atoms with Crippen molar-refractivity contribution < 1.29 is 29.9 Å². The average molecular weight is 549 g/mol. The molecule has 5 rings (SSSR count). The Morgan fingerprint density at radius 2 is 1.74 bits per heavy atom. The van der Waals surface area contributed by atoms with Gasteiger partial charge in [0.1, 0.15) is 24.4 Å². The van der Waals surface area contributed by atoms with E-state index in [0.29, 0.717) is 5.41 Å². The van der Waals surface area contributed by atoms with E-state index in [1.807, 2.05) is 0 Å². The molecule has 0 aromatic heterocycles. The van der Waals surface area contributed by atoms with E-state index in [0.717, 1.165) is 54.8 Å². The van der Waals surface area contributed by atoms with Gasteiger partial charge in [-0.25, -0.2) is 0 Å². The maximum absolute atomic E-state index is 10.6. The summed E-state index contributed by atoms with van der Waals surface area (Å²) >= 11 is 0. The topological polar surface area (TPSA) is 99.4 Å². The zero-order valence-corrected chi connectivity index (χ0v) is 25.1. The molecule has 224 valence electrons. The van der Waals surface area contributed by atoms with E-state index < -0.39 is 37.3 Å². The SMILES string of the molecule is CC(C)CCCC(C)C1CCC2C3CC=C4C[C@@H](O[C@H]5C(O)O[C@H](CO)[C@@H](O)[C@@H]5O)CC[C@]4(C)C3CC[C@]12C. The van der Waals surface area contributed by atoms with Crippen molar-refractivity contribution in [3.05, 3.63) is 11.6 Å². The Labute approximate surface area is 236 Å². The van der Waals surface area contributed by atoms with Crippen LogP contribution < -0.4 is 0 Å². The molecule has 1 aliphatic heterocycles. The van der Waals surface area contributed by atoms with E-state index in [2.05, 4.69) is 40.7 Å². The van der Waals surface area contributed by atoms with Crippen LogP contribution in [0.5, 0.6) is 0 Å². The fourth-order valence-corrected chi connectivity index (χ4v) is 10.2. The Bertz CT molecular complexity index is 874. The second-order valence-corrected chi connectivity index (χ2v) is 15.0. The minimum absolute atomic E-state index is 0.118. The summed E-state index contributed by atoms with van der Waals surface area (Å²) < 4.78 is 11.5. The van der Waals surface area contributed by atoms with Crippen molar-refractivity contribution in [2.75, 3.05) is 6.61 Å². The van der Waals surface area contributed by atoms with E-state index in [9.17, 15) is 20.4 Å². The smallest absolute Gasteiger partial charge is 0.184 e. The molecule has 5 aliphatic rings. The summed E-state index contributed by atoms with van der Waals surface area (Å²) in [5.41, 5.74) is 2.18. The van der Waals surface area contributed by atoms with Crippen LogP contribution in [0.2, 0.25) is 0 Å². The van der Waals surface area contributed by atoms with Gasteiger partial charge in [-0.3, -0.25) is 0 Å². The Morgan fingerprint density at radius 1 is 0.974 bits per heavy atom. The minimum Gasteiger partial charge on any atom is -0.394 e. The molecule has 4 fully saturated rings. The average Bonchev–Trinajstić information content (AvgIpc) is 3.25. The zero-order chi connectivity index (χ0) is 28.1. The van der Waals surface area contributed by atoms with Crippen LogP contribution in [0.15, 0.2) is 11.6 Å². The van der Waals surface area contributed by atoms with Crippen LogP contribution in [0.25, 0.3) is 0 Å². The van der Waals surface area contributed by atoms with Crippen molar-refractivity contribution in [3.8, 4) is 0 Å². The van der Waals surface area contributed by atoms with Crippen LogP contribution in [0.4, 0.5) is 0 Å². The molecule has 3 saturated carbocycles. The predicted octanol–water partition coefficient (Wildman–Crippen LogP) is 5.21. The van der Waals surface area contributed by atoms with Gasteiger partial charge < -0.3 is 29.9 Å². The van der Waals surface area contributed by atoms with E-state index >= 15 is 0 Å². The summed E-state index contributed by atoms with van der Waals surface area (Å²) in [6.45, 7) is 11.9. The van der Waals surface area contributed by atoms with Crippen molar-refractivity contribution in [1.29, 1.82) is 0 Å². The van der Waals surface area contributed by atoms with E-state index in [1.165, 1.54) is 56.9 Å². The second kappa shape index (κ2) is 11.6. The van der Waals surface area contributed by atoms with Crippen LogP contribution in [-0.2, 0) is 9.47 Å². The molecular formula is C33H56O6. The first-order valence-corrected chi connectivity index (χ1v) is 16.1. The maximum atomic E-state index is 10.6. The molecule has 6 heteroatoms. The lowest BCUT2D eigenvalue weighted by atomic mass is 9.47. The van der Waals surface area contributed by atoms with Gasteiger partial charge in [-0.05, 0) is 97.7 Å². The number of aliphatic hydroxyl groups excluding tert-OH is 4. The number of aliphatic hydroxyl groups is 4. The number of hydrogen-bond donors (Lipinski definition) is 4. The molecule has 0 aromatic carbocycles. The summed E-state index contributed by atoms with van der Waals surface area (Å²) in [5.74, 6) is 4.85. The minimum atomic E-state index is -1.36. The lowest BCUT2D eigenvalue weighted by molar-refractivity contribution is -0.304. The van der Waals surface area contributed by atoms with Gasteiger partial charge in [-0.2, -0.15) is 0 Å². The first-order chi connectivity index (χ1) is 18.5. The van der Waals surface area contributed by atoms with Gasteiger partial charge >= 0.3 is 0 Å². The molecule has 13 atom stereocenters. The summed E-state index contributed by atoms with van der Waals surface area (Å²) in [7, 11) is 0. The van der Waals surface area contributed by atoms with Gasteiger partial charge in [0.05, 0.1) is 12.7 Å². The van der Waals surface area contributed by atoms with Crippen molar-refractivity contribution in [3.63, 3.8) is 0 Å². The van der Waals surface area contributed by atoms with Crippen LogP contribution in [-0.4, -0.2) is 63.8 Å². The molecule has 39 heavy (non-hydrogen) atoms. The molecule has 4 aliphatic carbocycles. The molecule has 0 bridgehead atoms. The number of rotatable bonds is 8. The summed E-state index contributed by atoms with van der Waals surface area (Å²) in [5, 5.41) is 40.7. The molecule has 6 nitrogen and oxygen atoms in total. The van der Waals surface area contributed by atoms with Gasteiger partial charge in [0.15, 0.2) is 6.29 Å². The number of ether oxygens (including phenoxy) is 2. The fraction of sp³-hybridized carbons (Fsp3) is 0.939. The highest BCUT2D eigenvalue weighted by atomic mass is 16.7. The summed E-state index contributed by atoms with van der Waals surface area (Å²) in [6, 6.07) is 0. The van der Waals surface area contributed by atoms with Crippen molar-refractivity contribution in [2.24, 2.45) is 46.3 Å². The molecular weight excluding hydrogens is 492 g/mol. The molecule has 4 N–H and O–H groups in total. The number of allylic oxidation sites excluding steroid dienone is 1. The summed E-state index contributed by atoms with van der Waals surface area (Å²) in [4.78, 5) is 0. The molecule has 0 amide bonds. The zero-order valence-electron chi connectivity index (χ0n) is 25.1. The number of hydrogen-bond acceptors (Lipinski definition) is 6. The van der Waals surface area contributed by atoms with Crippen LogP contribution in [0.1, 0.15) is 105 Å².